The molecule has 1 aromatic carbocycles. The number of fused-ring (bicyclic) bond motifs is 1. The van der Waals surface area contributed by atoms with Gasteiger partial charge in [-0.1, -0.05) is 25.0 Å². The number of thioether (sulfide) groups is 1. The fourth-order valence-corrected chi connectivity index (χ4v) is 5.50. The third-order valence-corrected chi connectivity index (χ3v) is 6.92. The van der Waals surface area contributed by atoms with E-state index in [9.17, 15) is 0 Å². The first-order chi connectivity index (χ1) is 12.7. The quantitative estimate of drug-likeness (QED) is 0.847. The number of hydrogen-bond acceptors (Lipinski definition) is 5. The van der Waals surface area contributed by atoms with E-state index >= 15 is 0 Å². The molecule has 0 spiro atoms. The van der Waals surface area contributed by atoms with Crippen LogP contribution >= 0.6 is 11.8 Å². The maximum Gasteiger partial charge on any atom is 0.145 e. The number of anilines is 1. The van der Waals surface area contributed by atoms with Crippen LogP contribution in [0.25, 0.3) is 10.9 Å². The van der Waals surface area contributed by atoms with E-state index in [0.29, 0.717) is 5.54 Å². The Morgan fingerprint density at radius 2 is 2.00 bits per heavy atom. The molecular formula is C21H29N3OS. The molecule has 2 heterocycles. The van der Waals surface area contributed by atoms with Crippen LogP contribution in [-0.2, 0) is 0 Å². The highest BCUT2D eigenvalue weighted by Crippen LogP contribution is 2.38. The fraction of sp³-hybridized carbons (Fsp3) is 0.571. The molecule has 140 valence electrons. The summed E-state index contributed by atoms with van der Waals surface area (Å²) in [6, 6.07) is 8.36. The predicted octanol–water partition coefficient (Wildman–Crippen LogP) is 4.33. The molecule has 1 aliphatic heterocycles. The van der Waals surface area contributed by atoms with Gasteiger partial charge in [0.15, 0.2) is 0 Å². The van der Waals surface area contributed by atoms with Crippen molar-refractivity contribution in [3.05, 3.63) is 30.0 Å². The van der Waals surface area contributed by atoms with E-state index in [1.165, 1.54) is 56.0 Å². The molecule has 5 heteroatoms. The Bertz CT molecular complexity index is 767. The Morgan fingerprint density at radius 1 is 1.23 bits per heavy atom. The van der Waals surface area contributed by atoms with E-state index in [2.05, 4.69) is 47.1 Å². The average Bonchev–Trinajstić information content (AvgIpc) is 3.16. The number of nitrogens with one attached hydrogen (secondary N) is 1. The number of para-hydroxylation sites is 1. The third kappa shape index (κ3) is 3.39. The summed E-state index contributed by atoms with van der Waals surface area (Å²) in [6.45, 7) is 5.55. The minimum absolute atomic E-state index is 0.323. The summed E-state index contributed by atoms with van der Waals surface area (Å²) < 4.78 is 5.53. The Hall–Kier alpha value is -1.46. The van der Waals surface area contributed by atoms with Crippen molar-refractivity contribution in [1.29, 1.82) is 0 Å². The number of pyridine rings is 1. The maximum atomic E-state index is 5.53. The van der Waals surface area contributed by atoms with Crippen LogP contribution in [0.3, 0.4) is 0 Å². The smallest absolute Gasteiger partial charge is 0.145 e. The largest absolute Gasteiger partial charge is 0.494 e. The normalized spacial score (nSPS) is 20.4. The van der Waals surface area contributed by atoms with Gasteiger partial charge < -0.3 is 10.1 Å². The van der Waals surface area contributed by atoms with Gasteiger partial charge in [0, 0.05) is 53.4 Å². The summed E-state index contributed by atoms with van der Waals surface area (Å²) in [5.41, 5.74) is 3.49. The van der Waals surface area contributed by atoms with Crippen molar-refractivity contribution < 1.29 is 4.74 Å². The maximum absolute atomic E-state index is 5.53. The molecular weight excluding hydrogens is 342 g/mol. The van der Waals surface area contributed by atoms with Crippen LogP contribution in [0.4, 0.5) is 5.69 Å². The SMILES string of the molecule is COc1cccc2c(NCC3(N4CCSCC4)CCCC3)cc(C)nc12. The minimum Gasteiger partial charge on any atom is -0.494 e. The number of ether oxygens (including phenoxy) is 1. The molecule has 0 radical (unpaired) electrons. The van der Waals surface area contributed by atoms with E-state index in [1.54, 1.807) is 7.11 Å². The van der Waals surface area contributed by atoms with Gasteiger partial charge in [-0.25, -0.2) is 4.98 Å². The van der Waals surface area contributed by atoms with E-state index in [0.717, 1.165) is 28.9 Å². The van der Waals surface area contributed by atoms with Gasteiger partial charge in [-0.05, 0) is 31.9 Å². The van der Waals surface area contributed by atoms with Crippen molar-refractivity contribution in [1.82, 2.24) is 9.88 Å². The fourth-order valence-electron chi connectivity index (χ4n) is 4.60. The molecule has 0 amide bonds. The molecule has 2 aliphatic rings. The highest BCUT2D eigenvalue weighted by molar-refractivity contribution is 7.99. The molecule has 1 aromatic heterocycles. The lowest BCUT2D eigenvalue weighted by Gasteiger charge is -2.43. The zero-order valence-electron chi connectivity index (χ0n) is 15.9. The van der Waals surface area contributed by atoms with Gasteiger partial charge in [-0.2, -0.15) is 11.8 Å². The van der Waals surface area contributed by atoms with Crippen LogP contribution in [0.2, 0.25) is 0 Å². The summed E-state index contributed by atoms with van der Waals surface area (Å²) in [6.07, 6.45) is 5.34. The van der Waals surface area contributed by atoms with E-state index in [-0.39, 0.29) is 0 Å². The van der Waals surface area contributed by atoms with Crippen LogP contribution < -0.4 is 10.1 Å². The number of nitrogens with zero attached hydrogens (tertiary/aromatic N) is 2. The molecule has 0 atom stereocenters. The summed E-state index contributed by atoms with van der Waals surface area (Å²) in [4.78, 5) is 7.48. The number of aryl methyl sites for hydroxylation is 1. The second kappa shape index (κ2) is 7.65. The molecule has 4 nitrogen and oxygen atoms in total. The van der Waals surface area contributed by atoms with Crippen molar-refractivity contribution in [3.8, 4) is 5.75 Å². The monoisotopic (exact) mass is 371 g/mol. The van der Waals surface area contributed by atoms with Crippen molar-refractivity contribution in [3.63, 3.8) is 0 Å². The molecule has 26 heavy (non-hydrogen) atoms. The zero-order valence-corrected chi connectivity index (χ0v) is 16.7. The summed E-state index contributed by atoms with van der Waals surface area (Å²) in [7, 11) is 1.72. The van der Waals surface area contributed by atoms with Crippen LogP contribution in [0.5, 0.6) is 5.75 Å². The molecule has 2 aromatic rings. The number of hydrogen-bond donors (Lipinski definition) is 1. The number of methoxy groups -OCH3 is 1. The highest BCUT2D eigenvalue weighted by Gasteiger charge is 2.39. The Morgan fingerprint density at radius 3 is 2.73 bits per heavy atom. The van der Waals surface area contributed by atoms with Gasteiger partial charge >= 0.3 is 0 Å². The molecule has 4 rings (SSSR count). The predicted molar refractivity (Wildman–Crippen MR) is 112 cm³/mol. The van der Waals surface area contributed by atoms with Crippen LogP contribution in [0.15, 0.2) is 24.3 Å². The molecule has 1 aliphatic carbocycles. The number of rotatable bonds is 5. The lowest BCUT2D eigenvalue weighted by molar-refractivity contribution is 0.116. The molecule has 0 unspecified atom stereocenters. The Kier molecular flexibility index (Phi) is 5.28. The first kappa shape index (κ1) is 17.9. The lowest BCUT2D eigenvalue weighted by Crippen LogP contribution is -2.54. The summed E-state index contributed by atoms with van der Waals surface area (Å²) in [5.74, 6) is 3.39. The minimum atomic E-state index is 0.323. The van der Waals surface area contributed by atoms with Crippen molar-refractivity contribution >= 4 is 28.4 Å². The van der Waals surface area contributed by atoms with Gasteiger partial charge in [-0.15, -0.1) is 0 Å². The van der Waals surface area contributed by atoms with Gasteiger partial charge in [0.1, 0.15) is 11.3 Å². The number of benzene rings is 1. The second-order valence-corrected chi connectivity index (χ2v) is 8.78. The Balaban J connectivity index is 1.62. The highest BCUT2D eigenvalue weighted by atomic mass is 32.2. The van der Waals surface area contributed by atoms with E-state index in [1.807, 2.05) is 6.07 Å². The van der Waals surface area contributed by atoms with Crippen molar-refractivity contribution in [2.75, 3.05) is 43.6 Å². The van der Waals surface area contributed by atoms with Gasteiger partial charge in [-0.3, -0.25) is 4.90 Å². The average molecular weight is 372 g/mol. The lowest BCUT2D eigenvalue weighted by atomic mass is 9.94. The third-order valence-electron chi connectivity index (χ3n) is 5.97. The van der Waals surface area contributed by atoms with Gasteiger partial charge in [0.05, 0.1) is 7.11 Å². The van der Waals surface area contributed by atoms with E-state index in [4.69, 9.17) is 9.72 Å². The molecule has 1 N–H and O–H groups in total. The molecule has 2 fully saturated rings. The summed E-state index contributed by atoms with van der Waals surface area (Å²) >= 11 is 2.09. The molecule has 1 saturated carbocycles. The van der Waals surface area contributed by atoms with Crippen LogP contribution in [-0.4, -0.2) is 53.7 Å². The first-order valence-electron chi connectivity index (χ1n) is 9.73. The molecule has 0 bridgehead atoms. The van der Waals surface area contributed by atoms with Crippen LogP contribution in [0, 0.1) is 6.92 Å². The van der Waals surface area contributed by atoms with Crippen LogP contribution in [0.1, 0.15) is 31.4 Å². The first-order valence-corrected chi connectivity index (χ1v) is 10.9. The van der Waals surface area contributed by atoms with Crippen molar-refractivity contribution in [2.24, 2.45) is 0 Å². The standard InChI is InChI=1S/C21H29N3OS/c1-16-14-18(17-6-5-7-19(25-2)20(17)23-16)22-15-21(8-3-4-9-21)24-10-12-26-13-11-24/h5-7,14H,3-4,8-13,15H2,1-2H3,(H,22,23). The number of aromatic nitrogens is 1. The molecule has 1 saturated heterocycles. The van der Waals surface area contributed by atoms with Gasteiger partial charge in [0.2, 0.25) is 0 Å². The zero-order chi connectivity index (χ0) is 18.0. The topological polar surface area (TPSA) is 37.4 Å². The van der Waals surface area contributed by atoms with Gasteiger partial charge in [0.25, 0.3) is 0 Å². The Labute approximate surface area is 160 Å². The summed E-state index contributed by atoms with van der Waals surface area (Å²) in [5, 5.41) is 4.97. The second-order valence-electron chi connectivity index (χ2n) is 7.55. The van der Waals surface area contributed by atoms with Crippen molar-refractivity contribution in [2.45, 2.75) is 38.1 Å². The van der Waals surface area contributed by atoms with E-state index < -0.39 is 0 Å².